The van der Waals surface area contributed by atoms with E-state index < -0.39 is 0 Å². The van der Waals surface area contributed by atoms with Crippen molar-refractivity contribution in [2.75, 3.05) is 18.0 Å². The van der Waals surface area contributed by atoms with E-state index in [1.807, 2.05) is 13.0 Å². The topological polar surface area (TPSA) is 66.5 Å². The van der Waals surface area contributed by atoms with Gasteiger partial charge in [-0.05, 0) is 19.3 Å². The number of hydrogen-bond acceptors (Lipinski definition) is 5. The third kappa shape index (κ3) is 1.82. The Morgan fingerprint density at radius 2 is 2.28 bits per heavy atom. The Bertz CT molecular complexity index is 567. The molecule has 1 fully saturated rings. The SMILES string of the molecule is Cc1cc(N2CCC(O)C(C)C2)n2ncnc2n1. The molecule has 6 heteroatoms. The summed E-state index contributed by atoms with van der Waals surface area (Å²) in [7, 11) is 0. The fourth-order valence-electron chi connectivity index (χ4n) is 2.48. The van der Waals surface area contributed by atoms with E-state index >= 15 is 0 Å². The average molecular weight is 247 g/mol. The van der Waals surface area contributed by atoms with Crippen LogP contribution in [0.15, 0.2) is 12.4 Å². The Hall–Kier alpha value is -1.69. The molecule has 3 heterocycles. The molecule has 0 radical (unpaired) electrons. The Balaban J connectivity index is 2.01. The zero-order valence-electron chi connectivity index (χ0n) is 10.6. The van der Waals surface area contributed by atoms with Gasteiger partial charge in [-0.15, -0.1) is 0 Å². The van der Waals surface area contributed by atoms with Crippen molar-refractivity contribution in [3.63, 3.8) is 0 Å². The lowest BCUT2D eigenvalue weighted by Crippen LogP contribution is -2.42. The molecule has 0 aliphatic carbocycles. The second-order valence-electron chi connectivity index (χ2n) is 5.01. The van der Waals surface area contributed by atoms with E-state index in [9.17, 15) is 5.11 Å². The van der Waals surface area contributed by atoms with Crippen molar-refractivity contribution in [2.45, 2.75) is 26.4 Å². The molecular formula is C12H17N5O. The number of hydrogen-bond donors (Lipinski definition) is 1. The van der Waals surface area contributed by atoms with Gasteiger partial charge in [0.1, 0.15) is 12.1 Å². The Labute approximate surface area is 105 Å². The van der Waals surface area contributed by atoms with Gasteiger partial charge in [-0.3, -0.25) is 0 Å². The van der Waals surface area contributed by atoms with Gasteiger partial charge in [-0.1, -0.05) is 6.92 Å². The summed E-state index contributed by atoms with van der Waals surface area (Å²) in [5.74, 6) is 1.91. The van der Waals surface area contributed by atoms with Crippen molar-refractivity contribution < 1.29 is 5.11 Å². The zero-order valence-corrected chi connectivity index (χ0v) is 10.6. The van der Waals surface area contributed by atoms with E-state index in [2.05, 4.69) is 26.9 Å². The Morgan fingerprint density at radius 3 is 3.06 bits per heavy atom. The number of rotatable bonds is 1. The van der Waals surface area contributed by atoms with Crippen molar-refractivity contribution in [3.05, 3.63) is 18.1 Å². The third-order valence-electron chi connectivity index (χ3n) is 3.55. The fourth-order valence-corrected chi connectivity index (χ4v) is 2.48. The molecule has 1 saturated heterocycles. The number of aromatic nitrogens is 4. The van der Waals surface area contributed by atoms with Crippen LogP contribution in [-0.2, 0) is 0 Å². The van der Waals surface area contributed by atoms with Crippen LogP contribution in [0.2, 0.25) is 0 Å². The third-order valence-corrected chi connectivity index (χ3v) is 3.55. The number of aryl methyl sites for hydroxylation is 1. The first kappa shape index (κ1) is 11.4. The molecule has 2 aromatic heterocycles. The van der Waals surface area contributed by atoms with Gasteiger partial charge in [0.05, 0.1) is 6.10 Å². The van der Waals surface area contributed by atoms with Crippen molar-refractivity contribution >= 4 is 11.6 Å². The summed E-state index contributed by atoms with van der Waals surface area (Å²) >= 11 is 0. The minimum Gasteiger partial charge on any atom is -0.393 e. The van der Waals surface area contributed by atoms with Crippen LogP contribution in [0, 0.1) is 12.8 Å². The number of anilines is 1. The molecule has 0 saturated carbocycles. The highest BCUT2D eigenvalue weighted by Gasteiger charge is 2.26. The normalized spacial score (nSPS) is 24.7. The van der Waals surface area contributed by atoms with Crippen molar-refractivity contribution in [1.29, 1.82) is 0 Å². The van der Waals surface area contributed by atoms with Crippen LogP contribution in [0.25, 0.3) is 5.78 Å². The van der Waals surface area contributed by atoms with Crippen LogP contribution in [-0.4, -0.2) is 43.9 Å². The molecule has 96 valence electrons. The van der Waals surface area contributed by atoms with E-state index in [-0.39, 0.29) is 12.0 Å². The Morgan fingerprint density at radius 1 is 1.44 bits per heavy atom. The van der Waals surface area contributed by atoms with Gasteiger partial charge in [-0.25, -0.2) is 4.98 Å². The van der Waals surface area contributed by atoms with Crippen LogP contribution in [0.4, 0.5) is 5.82 Å². The lowest BCUT2D eigenvalue weighted by molar-refractivity contribution is 0.0967. The molecule has 0 aromatic carbocycles. The molecule has 2 unspecified atom stereocenters. The van der Waals surface area contributed by atoms with E-state index in [1.165, 1.54) is 6.33 Å². The first-order valence-electron chi connectivity index (χ1n) is 6.25. The maximum Gasteiger partial charge on any atom is 0.254 e. The number of nitrogens with zero attached hydrogens (tertiary/aromatic N) is 5. The standard InChI is InChI=1S/C12H17N5O/c1-8-6-16(4-3-10(8)18)11-5-9(2)15-12-13-7-14-17(11)12/h5,7-8,10,18H,3-4,6H2,1-2H3. The maximum atomic E-state index is 9.80. The molecular weight excluding hydrogens is 230 g/mol. The highest BCUT2D eigenvalue weighted by Crippen LogP contribution is 2.23. The summed E-state index contributed by atoms with van der Waals surface area (Å²) in [6.45, 7) is 5.70. The molecule has 1 aliphatic rings. The summed E-state index contributed by atoms with van der Waals surface area (Å²) in [5, 5.41) is 14.0. The van der Waals surface area contributed by atoms with Gasteiger partial charge < -0.3 is 10.0 Å². The maximum absolute atomic E-state index is 9.80. The van der Waals surface area contributed by atoms with Gasteiger partial charge in [0.25, 0.3) is 5.78 Å². The van der Waals surface area contributed by atoms with Crippen LogP contribution >= 0.6 is 0 Å². The predicted molar refractivity (Wildman–Crippen MR) is 67.5 cm³/mol. The quantitative estimate of drug-likeness (QED) is 0.801. The molecule has 0 bridgehead atoms. The van der Waals surface area contributed by atoms with Gasteiger partial charge >= 0.3 is 0 Å². The smallest absolute Gasteiger partial charge is 0.254 e. The van der Waals surface area contributed by atoms with Gasteiger partial charge in [0.2, 0.25) is 0 Å². The van der Waals surface area contributed by atoms with Gasteiger partial charge in [0, 0.05) is 24.8 Å². The predicted octanol–water partition coefficient (Wildman–Crippen LogP) is 0.640. The molecule has 0 spiro atoms. The van der Waals surface area contributed by atoms with Crippen molar-refractivity contribution in [1.82, 2.24) is 19.6 Å². The first-order chi connectivity index (χ1) is 8.65. The van der Waals surface area contributed by atoms with Crippen LogP contribution in [0.1, 0.15) is 19.0 Å². The molecule has 3 rings (SSSR count). The van der Waals surface area contributed by atoms with Crippen LogP contribution in [0.5, 0.6) is 0 Å². The second-order valence-corrected chi connectivity index (χ2v) is 5.01. The van der Waals surface area contributed by atoms with E-state index in [0.717, 1.165) is 31.0 Å². The molecule has 1 N–H and O–H groups in total. The highest BCUT2D eigenvalue weighted by atomic mass is 16.3. The van der Waals surface area contributed by atoms with E-state index in [4.69, 9.17) is 0 Å². The molecule has 2 aromatic rings. The van der Waals surface area contributed by atoms with Crippen molar-refractivity contribution in [2.24, 2.45) is 5.92 Å². The Kier molecular flexibility index (Phi) is 2.66. The summed E-state index contributed by atoms with van der Waals surface area (Å²) in [4.78, 5) is 10.7. The lowest BCUT2D eigenvalue weighted by Gasteiger charge is -2.35. The lowest BCUT2D eigenvalue weighted by atomic mass is 9.97. The minimum absolute atomic E-state index is 0.199. The van der Waals surface area contributed by atoms with Crippen molar-refractivity contribution in [3.8, 4) is 0 Å². The second kappa shape index (κ2) is 4.20. The summed E-state index contributed by atoms with van der Waals surface area (Å²) in [6.07, 6.45) is 2.11. The van der Waals surface area contributed by atoms with E-state index in [1.54, 1.807) is 4.52 Å². The number of fused-ring (bicyclic) bond motifs is 1. The van der Waals surface area contributed by atoms with Crippen LogP contribution < -0.4 is 4.90 Å². The van der Waals surface area contributed by atoms with Gasteiger partial charge in [-0.2, -0.15) is 14.6 Å². The summed E-state index contributed by atoms with van der Waals surface area (Å²) < 4.78 is 1.76. The summed E-state index contributed by atoms with van der Waals surface area (Å²) in [6, 6.07) is 2.02. The molecule has 6 nitrogen and oxygen atoms in total. The molecule has 2 atom stereocenters. The molecule has 1 aliphatic heterocycles. The summed E-state index contributed by atoms with van der Waals surface area (Å²) in [5.41, 5.74) is 0.935. The van der Waals surface area contributed by atoms with E-state index in [0.29, 0.717) is 5.78 Å². The zero-order chi connectivity index (χ0) is 12.7. The minimum atomic E-state index is -0.199. The fraction of sp³-hybridized carbons (Fsp3) is 0.583. The number of piperidine rings is 1. The number of aliphatic hydroxyl groups is 1. The van der Waals surface area contributed by atoms with Crippen LogP contribution in [0.3, 0.4) is 0 Å². The molecule has 0 amide bonds. The molecule has 18 heavy (non-hydrogen) atoms. The highest BCUT2D eigenvalue weighted by molar-refractivity contribution is 5.47. The number of aliphatic hydroxyl groups excluding tert-OH is 1. The monoisotopic (exact) mass is 247 g/mol. The van der Waals surface area contributed by atoms with Gasteiger partial charge in [0.15, 0.2) is 0 Å². The first-order valence-corrected chi connectivity index (χ1v) is 6.25. The largest absolute Gasteiger partial charge is 0.393 e. The average Bonchev–Trinajstić information content (AvgIpc) is 2.79.